The molecule has 2 heterocycles. The second-order valence-electron chi connectivity index (χ2n) is 9.73. The molecule has 16 heteroatoms. The summed E-state index contributed by atoms with van der Waals surface area (Å²) in [5, 5.41) is 15.9. The Morgan fingerprint density at radius 3 is 2.43 bits per heavy atom. The smallest absolute Gasteiger partial charge is 0.416 e. The molecule has 238 valence electrons. The van der Waals surface area contributed by atoms with Gasteiger partial charge in [0.1, 0.15) is 23.2 Å². The Labute approximate surface area is 259 Å². The number of halogens is 5. The maximum absolute atomic E-state index is 15.2. The fraction of sp³-hybridized carbons (Fsp3) is 0.0667. The average molecular weight is 658 g/mol. The molecule has 0 spiro atoms. The molecule has 0 radical (unpaired) electrons. The predicted octanol–water partition coefficient (Wildman–Crippen LogP) is 6.98. The zero-order valence-corrected chi connectivity index (χ0v) is 24.3. The van der Waals surface area contributed by atoms with Crippen LogP contribution in [0, 0.1) is 11.6 Å². The summed E-state index contributed by atoms with van der Waals surface area (Å²) in [6.45, 7) is 0.205. The van der Waals surface area contributed by atoms with Gasteiger partial charge in [0.25, 0.3) is 0 Å². The van der Waals surface area contributed by atoms with E-state index < -0.39 is 44.8 Å². The van der Waals surface area contributed by atoms with Gasteiger partial charge in [0.2, 0.25) is 5.95 Å². The first-order valence-electron chi connectivity index (χ1n) is 13.2. The van der Waals surface area contributed by atoms with E-state index in [1.54, 1.807) is 36.4 Å². The van der Waals surface area contributed by atoms with Crippen molar-refractivity contribution >= 4 is 50.4 Å². The van der Waals surface area contributed by atoms with Crippen molar-refractivity contribution in [3.05, 3.63) is 108 Å². The van der Waals surface area contributed by atoms with Gasteiger partial charge < -0.3 is 25.7 Å². The number of amides is 2. The number of nitrogens with two attached hydrogens (primary N) is 1. The van der Waals surface area contributed by atoms with Crippen molar-refractivity contribution in [2.24, 2.45) is 5.14 Å². The summed E-state index contributed by atoms with van der Waals surface area (Å²) in [6.07, 6.45) is -1.85. The number of nitrogens with zero attached hydrogens (tertiary/aromatic N) is 2. The maximum atomic E-state index is 15.2. The lowest BCUT2D eigenvalue weighted by atomic mass is 10.1. The van der Waals surface area contributed by atoms with E-state index in [2.05, 4.69) is 31.8 Å². The lowest BCUT2D eigenvalue weighted by Crippen LogP contribution is -2.21. The van der Waals surface area contributed by atoms with Gasteiger partial charge in [-0.05, 0) is 72.1 Å². The minimum absolute atomic E-state index is 0.132. The Morgan fingerprint density at radius 1 is 0.957 bits per heavy atom. The molecule has 5 aromatic rings. The Balaban J connectivity index is 1.38. The van der Waals surface area contributed by atoms with Gasteiger partial charge in [-0.2, -0.15) is 18.2 Å². The number of rotatable bonds is 9. The second kappa shape index (κ2) is 12.9. The normalized spacial score (nSPS) is 12.7. The third kappa shape index (κ3) is 7.77. The number of alkyl halides is 3. The lowest BCUT2D eigenvalue weighted by Gasteiger charge is -2.15. The van der Waals surface area contributed by atoms with Crippen LogP contribution in [0.1, 0.15) is 11.3 Å². The highest BCUT2D eigenvalue weighted by atomic mass is 32.2. The monoisotopic (exact) mass is 657 g/mol. The number of benzene rings is 3. The highest BCUT2D eigenvalue weighted by molar-refractivity contribution is 7.98. The average Bonchev–Trinajstić information content (AvgIpc) is 3.51. The van der Waals surface area contributed by atoms with Crippen LogP contribution in [0.2, 0.25) is 0 Å². The molecule has 10 nitrogen and oxygen atoms in total. The molecule has 46 heavy (non-hydrogen) atoms. The van der Waals surface area contributed by atoms with Gasteiger partial charge >= 0.3 is 12.2 Å². The van der Waals surface area contributed by atoms with E-state index in [-0.39, 0.29) is 24.0 Å². The van der Waals surface area contributed by atoms with E-state index in [0.29, 0.717) is 45.7 Å². The fourth-order valence-electron chi connectivity index (χ4n) is 4.15. The van der Waals surface area contributed by atoms with Crippen LogP contribution >= 0.6 is 0 Å². The van der Waals surface area contributed by atoms with Gasteiger partial charge in [0.05, 0.1) is 39.5 Å². The van der Waals surface area contributed by atoms with Crippen molar-refractivity contribution in [1.29, 1.82) is 0 Å². The second-order valence-corrected chi connectivity index (χ2v) is 11.7. The predicted molar refractivity (Wildman–Crippen MR) is 165 cm³/mol. The molecule has 1 unspecified atom stereocenters. The van der Waals surface area contributed by atoms with Crippen molar-refractivity contribution in [1.82, 2.24) is 9.97 Å². The van der Waals surface area contributed by atoms with Gasteiger partial charge in [0, 0.05) is 22.3 Å². The molecule has 2 aromatic heterocycles. The topological polar surface area (TPSA) is 147 Å². The molecular weight excluding hydrogens is 633 g/mol. The SMILES string of the molecule is C=S(N)(=O)c1cccc(Nc2ncc(-c3ccc(NC(=O)Nc4cc(C(F)(F)F)ccc4F)c(F)c3)c(NCc3ccco3)n2)c1. The van der Waals surface area contributed by atoms with Gasteiger partial charge in [0.15, 0.2) is 0 Å². The molecule has 0 aliphatic heterocycles. The quantitative estimate of drug-likeness (QED) is 0.0849. The van der Waals surface area contributed by atoms with E-state index in [1.807, 2.05) is 5.32 Å². The van der Waals surface area contributed by atoms with Crippen LogP contribution in [0.3, 0.4) is 0 Å². The Morgan fingerprint density at radius 2 is 1.74 bits per heavy atom. The minimum atomic E-state index is -4.76. The summed E-state index contributed by atoms with van der Waals surface area (Å²) >= 11 is 0. The summed E-state index contributed by atoms with van der Waals surface area (Å²) in [7, 11) is -2.97. The molecular formula is C30H24F5N7O3S. The highest BCUT2D eigenvalue weighted by Crippen LogP contribution is 2.33. The van der Waals surface area contributed by atoms with E-state index in [0.717, 1.165) is 6.07 Å². The summed E-state index contributed by atoms with van der Waals surface area (Å²) in [4.78, 5) is 21.5. The standard InChI is InChI=1S/C30H24F5N7O3S/c1-46(36,44)21-6-2-4-19(14-21)39-28-38-16-22(27(42-28)37-15-20-5-3-11-45-20)17-7-10-25(24(32)12-17)40-29(43)41-26-13-18(30(33,34)35)8-9-23(26)31/h2-14,16H,1,15H2,(H2,36,44)(H2,40,41,43)(H2,37,38,39,42). The molecule has 1 atom stereocenters. The lowest BCUT2D eigenvalue weighted by molar-refractivity contribution is -0.137. The van der Waals surface area contributed by atoms with Crippen LogP contribution in [0.25, 0.3) is 11.1 Å². The molecule has 0 aliphatic carbocycles. The summed E-state index contributed by atoms with van der Waals surface area (Å²) in [5.74, 6) is 2.43. The third-order valence-electron chi connectivity index (χ3n) is 6.36. The molecule has 5 rings (SSSR count). The largest absolute Gasteiger partial charge is 0.467 e. The number of nitrogens with one attached hydrogen (secondary N) is 4. The van der Waals surface area contributed by atoms with Crippen molar-refractivity contribution in [3.8, 4) is 11.1 Å². The van der Waals surface area contributed by atoms with Gasteiger partial charge in [-0.25, -0.2) is 22.8 Å². The molecule has 0 saturated heterocycles. The number of urea groups is 1. The zero-order chi connectivity index (χ0) is 33.1. The first-order valence-corrected chi connectivity index (χ1v) is 15.0. The van der Waals surface area contributed by atoms with Crippen LogP contribution in [-0.4, -0.2) is 26.1 Å². The first-order chi connectivity index (χ1) is 21.8. The molecule has 2 amide bonds. The van der Waals surface area contributed by atoms with E-state index >= 15 is 4.39 Å². The number of hydrogen-bond acceptors (Lipinski definition) is 7. The summed E-state index contributed by atoms with van der Waals surface area (Å²) < 4.78 is 85.8. The Kier molecular flexibility index (Phi) is 8.93. The van der Waals surface area contributed by atoms with Crippen LogP contribution in [-0.2, 0) is 22.4 Å². The van der Waals surface area contributed by atoms with Gasteiger partial charge in [-0.3, -0.25) is 5.14 Å². The molecule has 0 bridgehead atoms. The van der Waals surface area contributed by atoms with Crippen LogP contribution in [0.4, 0.5) is 55.6 Å². The number of hydrogen-bond donors (Lipinski definition) is 5. The van der Waals surface area contributed by atoms with E-state index in [9.17, 15) is 26.6 Å². The first kappa shape index (κ1) is 31.9. The number of carbonyl (C=O) groups excluding carboxylic acids is 1. The third-order valence-corrected chi connectivity index (χ3v) is 7.41. The van der Waals surface area contributed by atoms with Crippen LogP contribution in [0.5, 0.6) is 0 Å². The molecule has 0 aliphatic rings. The van der Waals surface area contributed by atoms with Gasteiger partial charge in [-0.15, -0.1) is 0 Å². The van der Waals surface area contributed by atoms with Crippen molar-refractivity contribution in [3.63, 3.8) is 0 Å². The Bertz CT molecular complexity index is 2000. The molecule has 6 N–H and O–H groups in total. The van der Waals surface area contributed by atoms with E-state index in [4.69, 9.17) is 9.56 Å². The highest BCUT2D eigenvalue weighted by Gasteiger charge is 2.31. The molecule has 3 aromatic carbocycles. The molecule has 0 saturated carbocycles. The number of carbonyl (C=O) groups is 1. The number of aromatic nitrogens is 2. The van der Waals surface area contributed by atoms with Crippen molar-refractivity contribution < 1.29 is 35.4 Å². The maximum Gasteiger partial charge on any atom is 0.416 e. The minimum Gasteiger partial charge on any atom is -0.467 e. The number of furan rings is 1. The fourth-order valence-corrected chi connectivity index (χ4v) is 4.78. The zero-order valence-electron chi connectivity index (χ0n) is 23.5. The molecule has 0 fully saturated rings. The Hall–Kier alpha value is -5.48. The van der Waals surface area contributed by atoms with Crippen molar-refractivity contribution in [2.75, 3.05) is 21.3 Å². The van der Waals surface area contributed by atoms with Gasteiger partial charge in [-0.1, -0.05) is 12.1 Å². The van der Waals surface area contributed by atoms with Crippen molar-refractivity contribution in [2.45, 2.75) is 17.6 Å². The summed E-state index contributed by atoms with van der Waals surface area (Å²) in [6, 6.07) is 14.0. The van der Waals surface area contributed by atoms with E-state index in [1.165, 1.54) is 24.6 Å². The summed E-state index contributed by atoms with van der Waals surface area (Å²) in [5.41, 5.74) is -1.12. The van der Waals surface area contributed by atoms with Crippen LogP contribution in [0.15, 0.2) is 94.6 Å². The number of anilines is 5. The van der Waals surface area contributed by atoms with Crippen LogP contribution < -0.4 is 26.4 Å².